The van der Waals surface area contributed by atoms with Crippen LogP contribution in [0.1, 0.15) is 57.8 Å². The van der Waals surface area contributed by atoms with Crippen LogP contribution in [0.2, 0.25) is 0 Å². The second-order valence-electron chi connectivity index (χ2n) is 5.39. The summed E-state index contributed by atoms with van der Waals surface area (Å²) in [4.78, 5) is 0. The Balaban J connectivity index is 1.64. The lowest BCUT2D eigenvalue weighted by molar-refractivity contribution is -0.0745. The van der Waals surface area contributed by atoms with Gasteiger partial charge in [0.1, 0.15) is 0 Å². The van der Waals surface area contributed by atoms with Crippen LogP contribution < -0.4 is 0 Å². The van der Waals surface area contributed by atoms with Gasteiger partial charge in [-0.25, -0.2) is 0 Å². The van der Waals surface area contributed by atoms with E-state index in [1.54, 1.807) is 0 Å². The van der Waals surface area contributed by atoms with Gasteiger partial charge in [-0.2, -0.15) is 0 Å². The summed E-state index contributed by atoms with van der Waals surface area (Å²) in [6.07, 6.45) is 8.59. The van der Waals surface area contributed by atoms with Gasteiger partial charge >= 0.3 is 0 Å². The third-order valence-electron chi connectivity index (χ3n) is 4.12. The summed E-state index contributed by atoms with van der Waals surface area (Å²) in [6.45, 7) is 0.900. The lowest BCUT2D eigenvalue weighted by Gasteiger charge is -2.28. The van der Waals surface area contributed by atoms with Crippen LogP contribution in [0.25, 0.3) is 0 Å². The summed E-state index contributed by atoms with van der Waals surface area (Å²) in [5.41, 5.74) is -0.781. The Kier molecular flexibility index (Phi) is 4.22. The minimum atomic E-state index is -0.781. The van der Waals surface area contributed by atoms with E-state index < -0.39 is 11.7 Å². The maximum Gasteiger partial charge on any atom is 0.0905 e. The Morgan fingerprint density at radius 3 is 2.62 bits per heavy atom. The molecule has 3 nitrogen and oxygen atoms in total. The summed E-state index contributed by atoms with van der Waals surface area (Å²) in [6, 6.07) is 0. The fourth-order valence-electron chi connectivity index (χ4n) is 3.00. The Labute approximate surface area is 97.8 Å². The van der Waals surface area contributed by atoms with E-state index in [0.717, 1.165) is 51.6 Å². The average molecular weight is 228 g/mol. The van der Waals surface area contributed by atoms with Gasteiger partial charge in [-0.15, -0.1) is 0 Å². The first-order valence-corrected chi connectivity index (χ1v) is 6.73. The minimum Gasteiger partial charge on any atom is -0.390 e. The molecule has 2 aliphatic rings. The van der Waals surface area contributed by atoms with Crippen molar-refractivity contribution in [1.29, 1.82) is 0 Å². The zero-order valence-electron chi connectivity index (χ0n) is 10.0. The molecule has 0 aromatic rings. The van der Waals surface area contributed by atoms with Gasteiger partial charge < -0.3 is 14.9 Å². The van der Waals surface area contributed by atoms with Gasteiger partial charge in [0, 0.05) is 6.61 Å². The molecule has 16 heavy (non-hydrogen) atoms. The largest absolute Gasteiger partial charge is 0.390 e. The van der Waals surface area contributed by atoms with Gasteiger partial charge in [0.25, 0.3) is 0 Å². The normalized spacial score (nSPS) is 30.8. The van der Waals surface area contributed by atoms with Crippen molar-refractivity contribution >= 4 is 0 Å². The highest BCUT2D eigenvalue weighted by molar-refractivity contribution is 4.90. The van der Waals surface area contributed by atoms with Crippen molar-refractivity contribution in [2.75, 3.05) is 6.61 Å². The molecule has 0 bridgehead atoms. The van der Waals surface area contributed by atoms with Crippen molar-refractivity contribution in [3.05, 3.63) is 0 Å². The lowest BCUT2D eigenvalue weighted by Crippen LogP contribution is -2.39. The maximum absolute atomic E-state index is 10.2. The van der Waals surface area contributed by atoms with Crippen LogP contribution in [0.4, 0.5) is 0 Å². The average Bonchev–Trinajstić information content (AvgIpc) is 2.90. The van der Waals surface area contributed by atoms with Crippen LogP contribution in [0.3, 0.4) is 0 Å². The molecule has 2 unspecified atom stereocenters. The predicted octanol–water partition coefficient (Wildman–Crippen LogP) is 2.00. The molecule has 3 heteroatoms. The van der Waals surface area contributed by atoms with Crippen LogP contribution in [-0.4, -0.2) is 34.6 Å². The van der Waals surface area contributed by atoms with E-state index in [2.05, 4.69) is 0 Å². The summed E-state index contributed by atoms with van der Waals surface area (Å²) < 4.78 is 5.54. The molecule has 1 aliphatic carbocycles. The van der Waals surface area contributed by atoms with Crippen molar-refractivity contribution < 1.29 is 14.9 Å². The van der Waals surface area contributed by atoms with Crippen LogP contribution >= 0.6 is 0 Å². The van der Waals surface area contributed by atoms with Crippen molar-refractivity contribution in [2.24, 2.45) is 0 Å². The zero-order valence-corrected chi connectivity index (χ0v) is 10.0. The fraction of sp³-hybridized carbons (Fsp3) is 1.00. The van der Waals surface area contributed by atoms with E-state index in [1.165, 1.54) is 12.8 Å². The number of rotatable bonds is 5. The second-order valence-corrected chi connectivity index (χ2v) is 5.39. The van der Waals surface area contributed by atoms with Gasteiger partial charge in [-0.3, -0.25) is 0 Å². The summed E-state index contributed by atoms with van der Waals surface area (Å²) in [5, 5.41) is 20.2. The van der Waals surface area contributed by atoms with Crippen LogP contribution in [0.15, 0.2) is 0 Å². The molecule has 1 saturated carbocycles. The molecule has 0 spiro atoms. The monoisotopic (exact) mass is 228 g/mol. The highest BCUT2D eigenvalue weighted by atomic mass is 16.5. The first-order chi connectivity index (χ1) is 7.71. The number of hydrogen-bond acceptors (Lipinski definition) is 3. The third kappa shape index (κ3) is 2.96. The molecular weight excluding hydrogens is 204 g/mol. The Morgan fingerprint density at radius 1 is 1.25 bits per heavy atom. The SMILES string of the molecule is OC(CCCC1CCCO1)C1(O)CCCC1. The Hall–Kier alpha value is -0.120. The van der Waals surface area contributed by atoms with Crippen molar-refractivity contribution in [3.63, 3.8) is 0 Å². The van der Waals surface area contributed by atoms with E-state index in [0.29, 0.717) is 6.10 Å². The quantitative estimate of drug-likeness (QED) is 0.756. The van der Waals surface area contributed by atoms with E-state index in [-0.39, 0.29) is 0 Å². The smallest absolute Gasteiger partial charge is 0.0905 e. The molecule has 1 saturated heterocycles. The molecule has 2 atom stereocenters. The Bertz CT molecular complexity index is 205. The molecule has 0 amide bonds. The fourth-order valence-corrected chi connectivity index (χ4v) is 3.00. The van der Waals surface area contributed by atoms with E-state index >= 15 is 0 Å². The Morgan fingerprint density at radius 2 is 2.00 bits per heavy atom. The molecule has 2 N–H and O–H groups in total. The lowest BCUT2D eigenvalue weighted by atomic mass is 9.91. The minimum absolute atomic E-state index is 0.408. The molecule has 0 aromatic carbocycles. The predicted molar refractivity (Wildman–Crippen MR) is 62.2 cm³/mol. The number of ether oxygens (including phenoxy) is 1. The van der Waals surface area contributed by atoms with Crippen LogP contribution in [0, 0.1) is 0 Å². The first kappa shape index (κ1) is 12.3. The van der Waals surface area contributed by atoms with E-state index in [4.69, 9.17) is 4.74 Å². The molecule has 94 valence electrons. The van der Waals surface area contributed by atoms with Crippen molar-refractivity contribution in [1.82, 2.24) is 0 Å². The zero-order chi connectivity index (χ0) is 11.4. The highest BCUT2D eigenvalue weighted by Gasteiger charge is 2.37. The summed E-state index contributed by atoms with van der Waals surface area (Å²) >= 11 is 0. The van der Waals surface area contributed by atoms with Gasteiger partial charge in [0.2, 0.25) is 0 Å². The number of aliphatic hydroxyl groups is 2. The topological polar surface area (TPSA) is 49.7 Å². The van der Waals surface area contributed by atoms with Gasteiger partial charge in [0.15, 0.2) is 0 Å². The highest BCUT2D eigenvalue weighted by Crippen LogP contribution is 2.34. The summed E-state index contributed by atoms with van der Waals surface area (Å²) in [5.74, 6) is 0. The van der Waals surface area contributed by atoms with Gasteiger partial charge in [-0.05, 0) is 44.9 Å². The molecule has 0 aromatic heterocycles. The standard InChI is InChI=1S/C13H24O3/c14-12(13(15)8-1-2-9-13)7-3-5-11-6-4-10-16-11/h11-12,14-15H,1-10H2. The number of hydrogen-bond donors (Lipinski definition) is 2. The van der Waals surface area contributed by atoms with Crippen LogP contribution in [-0.2, 0) is 4.74 Å². The van der Waals surface area contributed by atoms with E-state index in [9.17, 15) is 10.2 Å². The summed E-state index contributed by atoms with van der Waals surface area (Å²) in [7, 11) is 0. The molecule has 1 heterocycles. The first-order valence-electron chi connectivity index (χ1n) is 6.73. The second kappa shape index (κ2) is 5.48. The van der Waals surface area contributed by atoms with Crippen molar-refractivity contribution in [3.8, 4) is 0 Å². The molecule has 1 aliphatic heterocycles. The molecule has 2 rings (SSSR count). The number of aliphatic hydroxyl groups excluding tert-OH is 1. The maximum atomic E-state index is 10.2. The molecule has 2 fully saturated rings. The van der Waals surface area contributed by atoms with Gasteiger partial charge in [0.05, 0.1) is 17.8 Å². The van der Waals surface area contributed by atoms with Crippen LogP contribution in [0.5, 0.6) is 0 Å². The molecular formula is C13H24O3. The van der Waals surface area contributed by atoms with Crippen molar-refractivity contribution in [2.45, 2.75) is 75.6 Å². The van der Waals surface area contributed by atoms with E-state index in [1.807, 2.05) is 0 Å². The molecule has 0 radical (unpaired) electrons. The third-order valence-corrected chi connectivity index (χ3v) is 4.12. The van der Waals surface area contributed by atoms with Gasteiger partial charge in [-0.1, -0.05) is 12.8 Å².